The van der Waals surface area contributed by atoms with Crippen LogP contribution < -0.4 is 4.74 Å². The summed E-state index contributed by atoms with van der Waals surface area (Å²) in [5.74, 6) is 1.31. The molecule has 23 heavy (non-hydrogen) atoms. The van der Waals surface area contributed by atoms with Crippen molar-refractivity contribution in [2.75, 3.05) is 13.1 Å². The van der Waals surface area contributed by atoms with E-state index in [1.807, 2.05) is 18.2 Å². The maximum atomic E-state index is 6.20. The summed E-state index contributed by atoms with van der Waals surface area (Å²) in [5, 5.41) is 8.66. The Morgan fingerprint density at radius 1 is 1.09 bits per heavy atom. The zero-order valence-corrected chi connectivity index (χ0v) is 13.8. The highest BCUT2D eigenvalue weighted by atomic mass is 16.5. The van der Waals surface area contributed by atoms with Crippen LogP contribution in [0.15, 0.2) is 36.4 Å². The van der Waals surface area contributed by atoms with Crippen molar-refractivity contribution in [2.24, 2.45) is 5.92 Å². The molecule has 3 fully saturated rings. The van der Waals surface area contributed by atoms with Gasteiger partial charge in [0.15, 0.2) is 0 Å². The molecule has 2 aromatic rings. The number of piperidine rings is 3. The summed E-state index contributed by atoms with van der Waals surface area (Å²) in [4.78, 5) is 2.53. The third-order valence-corrected chi connectivity index (χ3v) is 5.30. The number of aryl methyl sites for hydroxylation is 1. The summed E-state index contributed by atoms with van der Waals surface area (Å²) in [6.07, 6.45) is 2.73. The van der Waals surface area contributed by atoms with Gasteiger partial charge in [-0.3, -0.25) is 4.90 Å². The highest BCUT2D eigenvalue weighted by molar-refractivity contribution is 5.59. The first-order chi connectivity index (χ1) is 11.2. The molecule has 0 saturated carbocycles. The lowest BCUT2D eigenvalue weighted by Gasteiger charge is -2.48. The molecule has 0 unspecified atom stereocenters. The van der Waals surface area contributed by atoms with Crippen LogP contribution in [0.2, 0.25) is 0 Å². The molecule has 1 aromatic carbocycles. The number of benzene rings is 1. The smallest absolute Gasteiger partial charge is 0.233 e. The van der Waals surface area contributed by atoms with Gasteiger partial charge in [0, 0.05) is 17.7 Å². The molecule has 0 radical (unpaired) electrons. The Hall–Kier alpha value is -1.94. The van der Waals surface area contributed by atoms with Crippen LogP contribution in [-0.4, -0.2) is 40.3 Å². The minimum atomic E-state index is 0.247. The van der Waals surface area contributed by atoms with Crippen LogP contribution in [-0.2, 0) is 0 Å². The Morgan fingerprint density at radius 2 is 1.91 bits per heavy atom. The Morgan fingerprint density at radius 3 is 2.57 bits per heavy atom. The molecule has 2 atom stereocenters. The summed E-state index contributed by atoms with van der Waals surface area (Å²) in [5.41, 5.74) is 3.22. The van der Waals surface area contributed by atoms with Crippen molar-refractivity contribution in [2.45, 2.75) is 38.8 Å². The Labute approximate surface area is 137 Å². The lowest BCUT2D eigenvalue weighted by Crippen LogP contribution is -2.58. The summed E-state index contributed by atoms with van der Waals surface area (Å²) >= 11 is 0. The first kappa shape index (κ1) is 14.6. The fourth-order valence-electron chi connectivity index (χ4n) is 3.93. The number of hydrogen-bond acceptors (Lipinski definition) is 4. The van der Waals surface area contributed by atoms with Crippen LogP contribution in [0.3, 0.4) is 0 Å². The van der Waals surface area contributed by atoms with Crippen molar-refractivity contribution < 1.29 is 4.74 Å². The Balaban J connectivity index is 1.50. The molecule has 4 nitrogen and oxygen atoms in total. The van der Waals surface area contributed by atoms with E-state index in [1.54, 1.807) is 0 Å². The number of fused-ring (bicyclic) bond motifs is 3. The molecule has 1 aromatic heterocycles. The van der Waals surface area contributed by atoms with Gasteiger partial charge >= 0.3 is 0 Å². The molecular formula is C19H23N3O. The maximum absolute atomic E-state index is 6.20. The van der Waals surface area contributed by atoms with E-state index < -0.39 is 0 Å². The molecule has 2 bridgehead atoms. The number of hydrogen-bond donors (Lipinski definition) is 0. The van der Waals surface area contributed by atoms with E-state index in [-0.39, 0.29) is 6.10 Å². The fraction of sp³-hybridized carbons (Fsp3) is 0.474. The van der Waals surface area contributed by atoms with E-state index in [1.165, 1.54) is 31.5 Å². The quantitative estimate of drug-likeness (QED) is 0.872. The second-order valence-electron chi connectivity index (χ2n) is 6.82. The number of rotatable bonds is 3. The van der Waals surface area contributed by atoms with Gasteiger partial charge in [0.25, 0.3) is 0 Å². The van der Waals surface area contributed by atoms with Crippen molar-refractivity contribution in [1.29, 1.82) is 0 Å². The molecule has 0 aliphatic carbocycles. The van der Waals surface area contributed by atoms with Crippen molar-refractivity contribution in [3.05, 3.63) is 42.0 Å². The lowest BCUT2D eigenvalue weighted by molar-refractivity contribution is -0.0528. The topological polar surface area (TPSA) is 38.2 Å². The average molecular weight is 309 g/mol. The molecule has 3 saturated heterocycles. The van der Waals surface area contributed by atoms with Crippen LogP contribution in [0, 0.1) is 12.8 Å². The molecule has 0 spiro atoms. The van der Waals surface area contributed by atoms with Gasteiger partial charge < -0.3 is 4.74 Å². The van der Waals surface area contributed by atoms with E-state index in [2.05, 4.69) is 47.1 Å². The van der Waals surface area contributed by atoms with E-state index >= 15 is 0 Å². The average Bonchev–Trinajstić information content (AvgIpc) is 2.59. The van der Waals surface area contributed by atoms with E-state index in [0.29, 0.717) is 17.8 Å². The zero-order valence-electron chi connectivity index (χ0n) is 13.8. The second kappa shape index (κ2) is 5.93. The largest absolute Gasteiger partial charge is 0.471 e. The van der Waals surface area contributed by atoms with Crippen molar-refractivity contribution >= 4 is 0 Å². The van der Waals surface area contributed by atoms with Crippen LogP contribution in [0.1, 0.15) is 25.3 Å². The fourth-order valence-corrected chi connectivity index (χ4v) is 3.93. The van der Waals surface area contributed by atoms with Gasteiger partial charge in [0.2, 0.25) is 5.88 Å². The van der Waals surface area contributed by atoms with Crippen molar-refractivity contribution in [3.8, 4) is 17.1 Å². The van der Waals surface area contributed by atoms with Crippen LogP contribution in [0.25, 0.3) is 11.3 Å². The van der Waals surface area contributed by atoms with Crippen molar-refractivity contribution in [3.63, 3.8) is 0 Å². The third kappa shape index (κ3) is 2.83. The first-order valence-corrected chi connectivity index (χ1v) is 8.52. The molecular weight excluding hydrogens is 286 g/mol. The van der Waals surface area contributed by atoms with Crippen molar-refractivity contribution in [1.82, 2.24) is 15.1 Å². The minimum Gasteiger partial charge on any atom is -0.471 e. The molecule has 5 rings (SSSR count). The summed E-state index contributed by atoms with van der Waals surface area (Å²) < 4.78 is 6.20. The second-order valence-corrected chi connectivity index (χ2v) is 6.82. The van der Waals surface area contributed by atoms with Gasteiger partial charge in [0.1, 0.15) is 6.10 Å². The molecule has 4 heteroatoms. The van der Waals surface area contributed by atoms with E-state index in [0.717, 1.165) is 11.3 Å². The van der Waals surface area contributed by atoms with E-state index in [9.17, 15) is 0 Å². The van der Waals surface area contributed by atoms with E-state index in [4.69, 9.17) is 4.74 Å². The Bertz CT molecular complexity index is 675. The zero-order chi connectivity index (χ0) is 15.8. The molecule has 4 heterocycles. The minimum absolute atomic E-state index is 0.247. The van der Waals surface area contributed by atoms with Gasteiger partial charge in [-0.15, -0.1) is 10.2 Å². The molecule has 3 aliphatic heterocycles. The van der Waals surface area contributed by atoms with Crippen LogP contribution in [0.4, 0.5) is 0 Å². The first-order valence-electron chi connectivity index (χ1n) is 8.52. The Kier molecular flexibility index (Phi) is 3.77. The maximum Gasteiger partial charge on any atom is 0.233 e. The van der Waals surface area contributed by atoms with Gasteiger partial charge in [-0.25, -0.2) is 0 Å². The van der Waals surface area contributed by atoms with Gasteiger partial charge in [-0.05, 0) is 57.8 Å². The van der Waals surface area contributed by atoms with Gasteiger partial charge in [-0.2, -0.15) is 0 Å². The standard InChI is InChI=1S/C19H23N3O/c1-13-4-3-5-16(12-13)17-6-7-18(21-20-17)23-19-14(2)22-10-8-15(19)9-11-22/h3-7,12,14-15,19H,8-11H2,1-2H3/t14-,19-/m0/s1. The van der Waals surface area contributed by atoms with Crippen LogP contribution in [0.5, 0.6) is 5.88 Å². The molecule has 0 N–H and O–H groups in total. The molecule has 3 aliphatic rings. The summed E-state index contributed by atoms with van der Waals surface area (Å²) in [7, 11) is 0. The summed E-state index contributed by atoms with van der Waals surface area (Å²) in [6, 6.07) is 12.8. The number of nitrogens with zero attached hydrogens (tertiary/aromatic N) is 3. The third-order valence-electron chi connectivity index (χ3n) is 5.30. The molecule has 120 valence electrons. The highest BCUT2D eigenvalue weighted by Gasteiger charge is 2.41. The predicted octanol–water partition coefficient (Wildman–Crippen LogP) is 3.31. The normalized spacial score (nSPS) is 29.5. The van der Waals surface area contributed by atoms with Gasteiger partial charge in [0.05, 0.1) is 5.69 Å². The van der Waals surface area contributed by atoms with Crippen LogP contribution >= 0.6 is 0 Å². The number of ether oxygens (including phenoxy) is 1. The SMILES string of the molecule is Cc1cccc(-c2ccc(O[C@@H]3C4CCN(CC4)[C@H]3C)nn2)c1. The predicted molar refractivity (Wildman–Crippen MR) is 90.4 cm³/mol. The lowest BCUT2D eigenvalue weighted by atomic mass is 9.81. The highest BCUT2D eigenvalue weighted by Crippen LogP contribution is 2.34. The number of aromatic nitrogens is 2. The molecule has 0 amide bonds. The monoisotopic (exact) mass is 309 g/mol. The summed E-state index contributed by atoms with van der Waals surface area (Å²) in [6.45, 7) is 6.78. The van der Waals surface area contributed by atoms with Gasteiger partial charge in [-0.1, -0.05) is 23.8 Å².